The number of aryl methyl sites for hydroxylation is 1. The smallest absolute Gasteiger partial charge is 0.250 e. The summed E-state index contributed by atoms with van der Waals surface area (Å²) in [5.41, 5.74) is -0.170. The first-order valence-electron chi connectivity index (χ1n) is 8.37. The molecule has 2 aromatic heterocycles. The van der Waals surface area contributed by atoms with Gasteiger partial charge in [0, 0.05) is 31.3 Å². The predicted octanol–water partition coefficient (Wildman–Crippen LogP) is 1.59. The van der Waals surface area contributed by atoms with Gasteiger partial charge in [-0.25, -0.2) is 0 Å². The van der Waals surface area contributed by atoms with Gasteiger partial charge in [0.15, 0.2) is 0 Å². The van der Waals surface area contributed by atoms with Crippen molar-refractivity contribution in [1.82, 2.24) is 19.7 Å². The van der Waals surface area contributed by atoms with Gasteiger partial charge in [0.1, 0.15) is 6.54 Å². The molecule has 1 aliphatic heterocycles. The van der Waals surface area contributed by atoms with Crippen molar-refractivity contribution in [2.75, 3.05) is 6.54 Å². The molecule has 0 aliphatic carbocycles. The summed E-state index contributed by atoms with van der Waals surface area (Å²) in [6.45, 7) is 4.72. The van der Waals surface area contributed by atoms with E-state index in [0.717, 1.165) is 12.8 Å². The van der Waals surface area contributed by atoms with E-state index in [1.807, 2.05) is 18.7 Å². The normalized spacial score (nSPS) is 21.0. The molecule has 2 atom stereocenters. The summed E-state index contributed by atoms with van der Waals surface area (Å²) < 4.78 is 7.12. The number of carbonyl (C=O) groups excluding carboxylic acids is 1. The number of piperidine rings is 1. The van der Waals surface area contributed by atoms with Crippen molar-refractivity contribution in [1.29, 1.82) is 0 Å². The molecule has 0 aromatic carbocycles. The summed E-state index contributed by atoms with van der Waals surface area (Å²) in [5, 5.41) is 8.17. The van der Waals surface area contributed by atoms with Crippen LogP contribution in [0.2, 0.25) is 0 Å². The highest BCUT2D eigenvalue weighted by Gasteiger charge is 2.35. The largest absolute Gasteiger partial charge is 0.425 e. The van der Waals surface area contributed by atoms with Crippen LogP contribution in [-0.2, 0) is 17.8 Å². The van der Waals surface area contributed by atoms with Gasteiger partial charge >= 0.3 is 0 Å². The van der Waals surface area contributed by atoms with Crippen molar-refractivity contribution >= 4 is 5.91 Å². The summed E-state index contributed by atoms with van der Waals surface area (Å²) in [7, 11) is 0. The zero-order valence-electron chi connectivity index (χ0n) is 14.0. The first kappa shape index (κ1) is 16.4. The van der Waals surface area contributed by atoms with Crippen LogP contribution in [0.15, 0.2) is 33.6 Å². The molecule has 0 unspecified atom stereocenters. The quantitative estimate of drug-likeness (QED) is 0.850. The van der Waals surface area contributed by atoms with Gasteiger partial charge in [0.2, 0.25) is 17.7 Å². The molecule has 1 saturated heterocycles. The number of carbonyl (C=O) groups is 1. The lowest BCUT2D eigenvalue weighted by molar-refractivity contribution is -0.135. The minimum atomic E-state index is -0.170. The Kier molecular flexibility index (Phi) is 4.78. The van der Waals surface area contributed by atoms with E-state index in [0.29, 0.717) is 24.7 Å². The van der Waals surface area contributed by atoms with Crippen molar-refractivity contribution in [3.63, 3.8) is 0 Å². The Morgan fingerprint density at radius 2 is 2.21 bits per heavy atom. The maximum absolute atomic E-state index is 12.7. The molecule has 0 saturated carbocycles. The lowest BCUT2D eigenvalue weighted by Crippen LogP contribution is -2.47. The zero-order chi connectivity index (χ0) is 17.1. The van der Waals surface area contributed by atoms with E-state index in [1.54, 1.807) is 18.3 Å². The molecule has 0 N–H and O–H groups in total. The average molecular weight is 330 g/mol. The maximum atomic E-state index is 12.7. The molecule has 3 heterocycles. The molecule has 7 nitrogen and oxygen atoms in total. The molecule has 0 bridgehead atoms. The molecule has 7 heteroatoms. The number of rotatable bonds is 4. The number of likely N-dealkylation sites (tertiary alicyclic amines) is 1. The second-order valence-corrected chi connectivity index (χ2v) is 6.13. The fourth-order valence-electron chi connectivity index (χ4n) is 3.21. The first-order chi connectivity index (χ1) is 11.6. The van der Waals surface area contributed by atoms with E-state index in [2.05, 4.69) is 10.2 Å². The van der Waals surface area contributed by atoms with Crippen LogP contribution in [0.3, 0.4) is 0 Å². The minimum absolute atomic E-state index is 0.0316. The van der Waals surface area contributed by atoms with Gasteiger partial charge in [0.25, 0.3) is 5.56 Å². The molecule has 3 rings (SSSR count). The minimum Gasteiger partial charge on any atom is -0.425 e. The van der Waals surface area contributed by atoms with Crippen LogP contribution in [0.1, 0.15) is 44.4 Å². The van der Waals surface area contributed by atoms with Crippen LogP contribution >= 0.6 is 0 Å². The van der Waals surface area contributed by atoms with Crippen LogP contribution in [0.4, 0.5) is 0 Å². The van der Waals surface area contributed by atoms with Gasteiger partial charge < -0.3 is 13.9 Å². The van der Waals surface area contributed by atoms with E-state index in [9.17, 15) is 9.59 Å². The highest BCUT2D eigenvalue weighted by Crippen LogP contribution is 2.32. The molecule has 1 amide bonds. The number of nitrogens with zero attached hydrogens (tertiary/aromatic N) is 4. The monoisotopic (exact) mass is 330 g/mol. The Bertz CT molecular complexity index is 767. The van der Waals surface area contributed by atoms with Gasteiger partial charge in [-0.3, -0.25) is 9.59 Å². The number of pyridine rings is 1. The van der Waals surface area contributed by atoms with Gasteiger partial charge in [-0.05, 0) is 25.8 Å². The Balaban J connectivity index is 1.74. The van der Waals surface area contributed by atoms with Crippen LogP contribution in [0.25, 0.3) is 0 Å². The van der Waals surface area contributed by atoms with Crippen molar-refractivity contribution in [3.8, 4) is 0 Å². The van der Waals surface area contributed by atoms with Crippen molar-refractivity contribution in [2.45, 2.75) is 51.6 Å². The molecule has 1 fully saturated rings. The summed E-state index contributed by atoms with van der Waals surface area (Å²) in [6, 6.07) is 4.85. The number of amides is 1. The first-order valence-corrected chi connectivity index (χ1v) is 8.37. The second kappa shape index (κ2) is 6.98. The molecule has 0 spiro atoms. The Labute approximate surface area is 140 Å². The third kappa shape index (κ3) is 3.25. The van der Waals surface area contributed by atoms with Crippen molar-refractivity contribution < 1.29 is 9.21 Å². The highest BCUT2D eigenvalue weighted by atomic mass is 16.4. The SMILES string of the molecule is CCc1nnc([C@H]2CCCN(C(=O)Cn3ccccc3=O)[C@H]2C)o1. The fraction of sp³-hybridized carbons (Fsp3) is 0.529. The molecule has 1 aliphatic rings. The predicted molar refractivity (Wildman–Crippen MR) is 87.5 cm³/mol. The number of aromatic nitrogens is 3. The molecular weight excluding hydrogens is 308 g/mol. The Morgan fingerprint density at radius 3 is 2.92 bits per heavy atom. The van der Waals surface area contributed by atoms with E-state index in [1.165, 1.54) is 10.6 Å². The van der Waals surface area contributed by atoms with Gasteiger partial charge in [-0.15, -0.1) is 10.2 Å². The summed E-state index contributed by atoms with van der Waals surface area (Å²) in [4.78, 5) is 26.3. The Hall–Kier alpha value is -2.44. The van der Waals surface area contributed by atoms with E-state index in [-0.39, 0.29) is 30.0 Å². The summed E-state index contributed by atoms with van der Waals surface area (Å²) in [5.74, 6) is 1.21. The van der Waals surface area contributed by atoms with E-state index in [4.69, 9.17) is 4.42 Å². The van der Waals surface area contributed by atoms with Gasteiger partial charge in [-0.2, -0.15) is 0 Å². The van der Waals surface area contributed by atoms with Crippen LogP contribution in [0.5, 0.6) is 0 Å². The summed E-state index contributed by atoms with van der Waals surface area (Å²) in [6.07, 6.45) is 4.14. The maximum Gasteiger partial charge on any atom is 0.250 e. The van der Waals surface area contributed by atoms with Gasteiger partial charge in [0.05, 0.1) is 5.92 Å². The van der Waals surface area contributed by atoms with E-state index >= 15 is 0 Å². The summed E-state index contributed by atoms with van der Waals surface area (Å²) >= 11 is 0. The molecule has 24 heavy (non-hydrogen) atoms. The van der Waals surface area contributed by atoms with Crippen LogP contribution in [-0.4, -0.2) is 38.2 Å². The third-order valence-corrected chi connectivity index (χ3v) is 4.62. The lowest BCUT2D eigenvalue weighted by atomic mass is 9.90. The lowest BCUT2D eigenvalue weighted by Gasteiger charge is -2.38. The Morgan fingerprint density at radius 1 is 1.38 bits per heavy atom. The molecule has 128 valence electrons. The number of hydrogen-bond acceptors (Lipinski definition) is 5. The highest BCUT2D eigenvalue weighted by molar-refractivity contribution is 5.76. The standard InChI is InChI=1S/C17H22N4O3/c1-3-14-18-19-17(24-14)13-7-6-10-21(12(13)2)16(23)11-20-9-5-4-8-15(20)22/h4-5,8-9,12-13H,3,6-7,10-11H2,1-2H3/t12-,13-/m0/s1. The third-order valence-electron chi connectivity index (χ3n) is 4.62. The van der Waals surface area contributed by atoms with Crippen molar-refractivity contribution in [2.24, 2.45) is 0 Å². The average Bonchev–Trinajstić information content (AvgIpc) is 3.06. The molecular formula is C17H22N4O3. The zero-order valence-corrected chi connectivity index (χ0v) is 14.0. The van der Waals surface area contributed by atoms with Gasteiger partial charge in [-0.1, -0.05) is 13.0 Å². The van der Waals surface area contributed by atoms with E-state index < -0.39 is 0 Å². The topological polar surface area (TPSA) is 81.2 Å². The van der Waals surface area contributed by atoms with Crippen LogP contribution < -0.4 is 5.56 Å². The number of hydrogen-bond donors (Lipinski definition) is 0. The second-order valence-electron chi connectivity index (χ2n) is 6.13. The van der Waals surface area contributed by atoms with Crippen LogP contribution in [0, 0.1) is 0 Å². The molecule has 0 radical (unpaired) electrons. The molecule has 2 aromatic rings. The van der Waals surface area contributed by atoms with Crippen molar-refractivity contribution in [3.05, 3.63) is 46.5 Å². The fourth-order valence-corrected chi connectivity index (χ4v) is 3.21.